The number of rotatable bonds is 6. The van der Waals surface area contributed by atoms with E-state index in [0.717, 1.165) is 17.4 Å². The molecule has 2 unspecified atom stereocenters. The molecule has 0 saturated heterocycles. The summed E-state index contributed by atoms with van der Waals surface area (Å²) >= 11 is 3.47. The van der Waals surface area contributed by atoms with Crippen LogP contribution in [0.15, 0.2) is 41.1 Å². The minimum absolute atomic E-state index is 0.320. The summed E-state index contributed by atoms with van der Waals surface area (Å²) in [5.74, 6) is 0. The van der Waals surface area contributed by atoms with Crippen LogP contribution in [0.1, 0.15) is 37.9 Å². The van der Waals surface area contributed by atoms with Gasteiger partial charge in [-0.2, -0.15) is 5.10 Å². The molecule has 1 aromatic heterocycles. The van der Waals surface area contributed by atoms with E-state index in [9.17, 15) is 0 Å². The number of hydrogen-bond acceptors (Lipinski definition) is 2. The van der Waals surface area contributed by atoms with Crippen molar-refractivity contribution in [1.29, 1.82) is 0 Å². The molecular formula is C16H22BrN3. The maximum absolute atomic E-state index is 4.33. The molecule has 2 aromatic rings. The van der Waals surface area contributed by atoms with Gasteiger partial charge >= 0.3 is 0 Å². The molecule has 2 rings (SSSR count). The second-order valence-electron chi connectivity index (χ2n) is 5.25. The van der Waals surface area contributed by atoms with Crippen LogP contribution < -0.4 is 5.32 Å². The Hall–Kier alpha value is -1.13. The molecular weight excluding hydrogens is 314 g/mol. The van der Waals surface area contributed by atoms with Crippen molar-refractivity contribution >= 4 is 15.9 Å². The van der Waals surface area contributed by atoms with Gasteiger partial charge in [-0.1, -0.05) is 28.1 Å². The quantitative estimate of drug-likeness (QED) is 0.866. The fraction of sp³-hybridized carbons (Fsp3) is 0.438. The molecule has 0 aliphatic rings. The van der Waals surface area contributed by atoms with Crippen LogP contribution in [0.3, 0.4) is 0 Å². The molecule has 0 aliphatic carbocycles. The molecule has 2 atom stereocenters. The third-order valence-electron chi connectivity index (χ3n) is 3.47. The first kappa shape index (κ1) is 15.3. The Morgan fingerprint density at radius 2 is 1.95 bits per heavy atom. The third-order valence-corrected chi connectivity index (χ3v) is 4.00. The lowest BCUT2D eigenvalue weighted by Crippen LogP contribution is -2.30. The number of aryl methyl sites for hydroxylation is 1. The van der Waals surface area contributed by atoms with Crippen LogP contribution in [0, 0.1) is 0 Å². The van der Waals surface area contributed by atoms with Crippen LogP contribution in [-0.4, -0.2) is 15.8 Å². The number of aromatic nitrogens is 2. The van der Waals surface area contributed by atoms with Crippen molar-refractivity contribution in [2.45, 2.75) is 45.8 Å². The van der Waals surface area contributed by atoms with Crippen molar-refractivity contribution in [3.05, 3.63) is 52.3 Å². The van der Waals surface area contributed by atoms with E-state index in [2.05, 4.69) is 77.6 Å². The standard InChI is InChI=1S/C16H22BrN3/c1-4-20-11-15(10-18-20)13(3)19-12(2)9-14-5-7-16(17)8-6-14/h5-8,10-13,19H,4,9H2,1-3H3. The molecule has 0 radical (unpaired) electrons. The second-order valence-corrected chi connectivity index (χ2v) is 6.17. The molecule has 0 spiro atoms. The van der Waals surface area contributed by atoms with E-state index >= 15 is 0 Å². The van der Waals surface area contributed by atoms with Gasteiger partial charge in [0.05, 0.1) is 6.20 Å². The summed E-state index contributed by atoms with van der Waals surface area (Å²) in [6, 6.07) is 9.27. The summed E-state index contributed by atoms with van der Waals surface area (Å²) in [6.45, 7) is 7.43. The summed E-state index contributed by atoms with van der Waals surface area (Å²) in [7, 11) is 0. The molecule has 0 fully saturated rings. The predicted octanol–water partition coefficient (Wildman–Crippen LogP) is 3.95. The van der Waals surface area contributed by atoms with Crippen molar-refractivity contribution in [1.82, 2.24) is 15.1 Å². The second kappa shape index (κ2) is 7.04. The van der Waals surface area contributed by atoms with E-state index in [1.807, 2.05) is 10.9 Å². The highest BCUT2D eigenvalue weighted by Crippen LogP contribution is 2.15. The van der Waals surface area contributed by atoms with Gasteiger partial charge in [-0.05, 0) is 44.9 Å². The van der Waals surface area contributed by atoms with Crippen LogP contribution in [0.5, 0.6) is 0 Å². The van der Waals surface area contributed by atoms with E-state index in [1.165, 1.54) is 11.1 Å². The monoisotopic (exact) mass is 335 g/mol. The highest BCUT2D eigenvalue weighted by atomic mass is 79.9. The SMILES string of the molecule is CCn1cc(C(C)NC(C)Cc2ccc(Br)cc2)cn1. The Balaban J connectivity index is 1.90. The first-order valence-corrected chi connectivity index (χ1v) is 7.90. The van der Waals surface area contributed by atoms with Gasteiger partial charge in [0.2, 0.25) is 0 Å². The Morgan fingerprint density at radius 1 is 1.25 bits per heavy atom. The van der Waals surface area contributed by atoms with Gasteiger partial charge in [-0.25, -0.2) is 0 Å². The van der Waals surface area contributed by atoms with Gasteiger partial charge in [0, 0.05) is 34.9 Å². The summed E-state index contributed by atoms with van der Waals surface area (Å²) in [6.07, 6.45) is 5.09. The Morgan fingerprint density at radius 3 is 2.55 bits per heavy atom. The largest absolute Gasteiger partial charge is 0.307 e. The van der Waals surface area contributed by atoms with Crippen LogP contribution in [0.2, 0.25) is 0 Å². The highest BCUT2D eigenvalue weighted by molar-refractivity contribution is 9.10. The molecule has 1 aromatic carbocycles. The minimum Gasteiger partial charge on any atom is -0.307 e. The van der Waals surface area contributed by atoms with Crippen LogP contribution in [-0.2, 0) is 13.0 Å². The molecule has 0 bridgehead atoms. The first-order chi connectivity index (χ1) is 9.58. The molecule has 4 heteroatoms. The van der Waals surface area contributed by atoms with Gasteiger partial charge in [-0.3, -0.25) is 4.68 Å². The molecule has 108 valence electrons. The maximum atomic E-state index is 4.33. The van der Waals surface area contributed by atoms with Gasteiger partial charge in [0.25, 0.3) is 0 Å². The zero-order valence-electron chi connectivity index (χ0n) is 12.3. The smallest absolute Gasteiger partial charge is 0.0537 e. The Bertz CT molecular complexity index is 533. The van der Waals surface area contributed by atoms with Crippen molar-refractivity contribution in [2.75, 3.05) is 0 Å². The number of nitrogens with zero attached hydrogens (tertiary/aromatic N) is 2. The van der Waals surface area contributed by atoms with Crippen molar-refractivity contribution in [3.63, 3.8) is 0 Å². The number of nitrogens with one attached hydrogen (secondary N) is 1. The van der Waals surface area contributed by atoms with Crippen LogP contribution in [0.4, 0.5) is 0 Å². The minimum atomic E-state index is 0.320. The fourth-order valence-electron chi connectivity index (χ4n) is 2.33. The lowest BCUT2D eigenvalue weighted by Gasteiger charge is -2.19. The molecule has 20 heavy (non-hydrogen) atoms. The number of halogens is 1. The summed E-state index contributed by atoms with van der Waals surface area (Å²) in [5.41, 5.74) is 2.60. The summed E-state index contributed by atoms with van der Waals surface area (Å²) < 4.78 is 3.09. The normalized spacial score (nSPS) is 14.2. The predicted molar refractivity (Wildman–Crippen MR) is 86.8 cm³/mol. The average molecular weight is 336 g/mol. The van der Waals surface area contributed by atoms with Crippen LogP contribution in [0.25, 0.3) is 0 Å². The van der Waals surface area contributed by atoms with Gasteiger partial charge in [0.15, 0.2) is 0 Å². The van der Waals surface area contributed by atoms with E-state index in [1.54, 1.807) is 0 Å². The zero-order valence-corrected chi connectivity index (χ0v) is 13.9. The van der Waals surface area contributed by atoms with E-state index in [-0.39, 0.29) is 0 Å². The van der Waals surface area contributed by atoms with E-state index in [4.69, 9.17) is 0 Å². The molecule has 0 amide bonds. The summed E-state index contributed by atoms with van der Waals surface area (Å²) in [5, 5.41) is 7.96. The number of benzene rings is 1. The Labute approximate surface area is 129 Å². The maximum Gasteiger partial charge on any atom is 0.0537 e. The Kier molecular flexibility index (Phi) is 5.38. The lowest BCUT2D eigenvalue weighted by molar-refractivity contribution is 0.476. The molecule has 1 heterocycles. The number of hydrogen-bond donors (Lipinski definition) is 1. The van der Waals surface area contributed by atoms with E-state index < -0.39 is 0 Å². The average Bonchev–Trinajstić information content (AvgIpc) is 2.90. The van der Waals surface area contributed by atoms with Crippen molar-refractivity contribution < 1.29 is 0 Å². The van der Waals surface area contributed by atoms with Gasteiger partial charge < -0.3 is 5.32 Å². The van der Waals surface area contributed by atoms with Crippen molar-refractivity contribution in [2.24, 2.45) is 0 Å². The third kappa shape index (κ3) is 4.18. The summed E-state index contributed by atoms with van der Waals surface area (Å²) in [4.78, 5) is 0. The molecule has 3 nitrogen and oxygen atoms in total. The zero-order chi connectivity index (χ0) is 14.5. The first-order valence-electron chi connectivity index (χ1n) is 7.11. The lowest BCUT2D eigenvalue weighted by atomic mass is 10.1. The topological polar surface area (TPSA) is 29.9 Å². The molecule has 0 saturated carbocycles. The van der Waals surface area contributed by atoms with Gasteiger partial charge in [0.1, 0.15) is 0 Å². The fourth-order valence-corrected chi connectivity index (χ4v) is 2.60. The molecule has 1 N–H and O–H groups in total. The van der Waals surface area contributed by atoms with E-state index in [0.29, 0.717) is 12.1 Å². The van der Waals surface area contributed by atoms with Crippen LogP contribution >= 0.6 is 15.9 Å². The highest BCUT2D eigenvalue weighted by Gasteiger charge is 2.11. The van der Waals surface area contributed by atoms with Crippen molar-refractivity contribution in [3.8, 4) is 0 Å². The van der Waals surface area contributed by atoms with Gasteiger partial charge in [-0.15, -0.1) is 0 Å². The molecule has 0 aliphatic heterocycles.